The van der Waals surface area contributed by atoms with Crippen molar-refractivity contribution in [3.05, 3.63) is 59.4 Å². The van der Waals surface area contributed by atoms with Crippen LogP contribution in [-0.4, -0.2) is 39.6 Å². The Hall–Kier alpha value is -2.61. The van der Waals surface area contributed by atoms with E-state index in [9.17, 15) is 23.1 Å². The van der Waals surface area contributed by atoms with E-state index >= 15 is 0 Å². The fourth-order valence-corrected chi connectivity index (χ4v) is 4.28. The molecule has 2 aromatic rings. The number of piperidine rings is 1. The molecule has 0 radical (unpaired) electrons. The van der Waals surface area contributed by atoms with Crippen LogP contribution in [0.3, 0.4) is 0 Å². The van der Waals surface area contributed by atoms with Gasteiger partial charge in [0.25, 0.3) is 0 Å². The number of carbonyl (C=O) groups excluding carboxylic acids is 1. The second kappa shape index (κ2) is 9.48. The van der Waals surface area contributed by atoms with Crippen molar-refractivity contribution in [1.82, 2.24) is 9.88 Å². The Kier molecular flexibility index (Phi) is 6.69. The van der Waals surface area contributed by atoms with Gasteiger partial charge >= 0.3 is 6.18 Å². The lowest BCUT2D eigenvalue weighted by Gasteiger charge is -2.39. The van der Waals surface area contributed by atoms with Gasteiger partial charge in [-0.15, -0.1) is 0 Å². The Morgan fingerprint density at radius 1 is 1.12 bits per heavy atom. The number of hydrogen-bond acceptors (Lipinski definition) is 4. The van der Waals surface area contributed by atoms with Crippen LogP contribution < -0.4 is 4.74 Å². The van der Waals surface area contributed by atoms with Crippen molar-refractivity contribution in [2.75, 3.05) is 6.54 Å². The maximum absolute atomic E-state index is 13.1. The lowest BCUT2D eigenvalue weighted by Crippen LogP contribution is -2.47. The van der Waals surface area contributed by atoms with Gasteiger partial charge in [-0.2, -0.15) is 13.2 Å². The van der Waals surface area contributed by atoms with Gasteiger partial charge < -0.3 is 14.7 Å². The first-order valence-corrected chi connectivity index (χ1v) is 11.1. The van der Waals surface area contributed by atoms with E-state index < -0.39 is 23.9 Å². The molecule has 0 bridgehead atoms. The van der Waals surface area contributed by atoms with Crippen LogP contribution in [0.15, 0.2) is 42.7 Å². The second-order valence-electron chi connectivity index (χ2n) is 8.55. The van der Waals surface area contributed by atoms with Gasteiger partial charge in [-0.05, 0) is 62.3 Å². The molecule has 1 saturated carbocycles. The maximum atomic E-state index is 13.1. The smallest absolute Gasteiger partial charge is 0.416 e. The predicted octanol–water partition coefficient (Wildman–Crippen LogP) is 4.69. The minimum absolute atomic E-state index is 0.0141. The third-order valence-corrected chi connectivity index (χ3v) is 6.35. The summed E-state index contributed by atoms with van der Waals surface area (Å²) in [6.45, 7) is 0.500. The van der Waals surface area contributed by atoms with Crippen LogP contribution in [-0.2, 0) is 17.4 Å². The molecular weight excluding hydrogens is 421 g/mol. The van der Waals surface area contributed by atoms with E-state index in [-0.39, 0.29) is 18.4 Å². The number of benzene rings is 1. The van der Waals surface area contributed by atoms with Crippen molar-refractivity contribution >= 4 is 5.91 Å². The second-order valence-corrected chi connectivity index (χ2v) is 8.55. The van der Waals surface area contributed by atoms with Gasteiger partial charge in [-0.3, -0.25) is 9.78 Å². The number of carbonyl (C=O) groups is 1. The summed E-state index contributed by atoms with van der Waals surface area (Å²) in [4.78, 5) is 18.9. The molecule has 1 unspecified atom stereocenters. The molecule has 32 heavy (non-hydrogen) atoms. The molecule has 1 amide bonds. The van der Waals surface area contributed by atoms with E-state index in [1.165, 1.54) is 12.1 Å². The number of alkyl halides is 3. The van der Waals surface area contributed by atoms with Crippen molar-refractivity contribution in [2.45, 2.75) is 69.4 Å². The summed E-state index contributed by atoms with van der Waals surface area (Å²) < 4.78 is 44.4. The molecule has 1 aromatic heterocycles. The van der Waals surface area contributed by atoms with Crippen LogP contribution in [0, 0.1) is 0 Å². The highest BCUT2D eigenvalue weighted by atomic mass is 19.4. The largest absolute Gasteiger partial charge is 0.490 e. The van der Waals surface area contributed by atoms with Crippen molar-refractivity contribution in [1.29, 1.82) is 0 Å². The average Bonchev–Trinajstić information content (AvgIpc) is 2.76. The van der Waals surface area contributed by atoms with Crippen LogP contribution in [0.1, 0.15) is 61.3 Å². The molecule has 2 fully saturated rings. The Balaban J connectivity index is 1.48. The van der Waals surface area contributed by atoms with E-state index in [1.807, 2.05) is 0 Å². The molecule has 1 saturated heterocycles. The number of aromatic nitrogens is 1. The normalized spacial score (nSPS) is 20.5. The SMILES string of the molecule is O=C(Cc1ccc(C(F)(F)F)cc1)N1CCCC[C@@H]1C(O)c1cnccc1OC1CCC1. The number of hydrogen-bond donors (Lipinski definition) is 1. The number of pyridine rings is 1. The predicted molar refractivity (Wildman–Crippen MR) is 112 cm³/mol. The van der Waals surface area contributed by atoms with E-state index in [0.717, 1.165) is 44.2 Å². The van der Waals surface area contributed by atoms with Crippen molar-refractivity contribution in [2.24, 2.45) is 0 Å². The van der Waals surface area contributed by atoms with Gasteiger partial charge in [-0.1, -0.05) is 12.1 Å². The van der Waals surface area contributed by atoms with Crippen molar-refractivity contribution in [3.8, 4) is 5.75 Å². The number of halogens is 3. The zero-order chi connectivity index (χ0) is 22.7. The first-order valence-electron chi connectivity index (χ1n) is 11.1. The van der Waals surface area contributed by atoms with Gasteiger partial charge in [0.15, 0.2) is 0 Å². The minimum atomic E-state index is -4.41. The van der Waals surface area contributed by atoms with Gasteiger partial charge in [0, 0.05) is 24.5 Å². The van der Waals surface area contributed by atoms with E-state index in [2.05, 4.69) is 4.98 Å². The molecule has 2 aliphatic rings. The minimum Gasteiger partial charge on any atom is -0.490 e. The molecule has 0 spiro atoms. The number of likely N-dealkylation sites (tertiary alicyclic amines) is 1. The number of aliphatic hydroxyl groups excluding tert-OH is 1. The molecule has 2 atom stereocenters. The van der Waals surface area contributed by atoms with Gasteiger partial charge in [0.1, 0.15) is 11.9 Å². The molecule has 172 valence electrons. The Labute approximate surface area is 185 Å². The standard InChI is InChI=1S/C24H27F3N2O3/c25-24(26,27)17-9-7-16(8-10-17)14-22(30)29-13-2-1-6-20(29)23(31)19-15-28-12-11-21(19)32-18-4-3-5-18/h7-12,15,18,20,23,31H,1-6,13-14H2/t20-,23?/m1/s1. The van der Waals surface area contributed by atoms with Gasteiger partial charge in [-0.25, -0.2) is 0 Å². The summed E-state index contributed by atoms with van der Waals surface area (Å²) in [5.41, 5.74) is 0.339. The van der Waals surface area contributed by atoms with E-state index in [1.54, 1.807) is 23.4 Å². The number of rotatable bonds is 6. The Morgan fingerprint density at radius 3 is 2.53 bits per heavy atom. The molecule has 2 heterocycles. The highest BCUT2D eigenvalue weighted by Gasteiger charge is 2.35. The topological polar surface area (TPSA) is 62.7 Å². The quantitative estimate of drug-likeness (QED) is 0.697. The fraction of sp³-hybridized carbons (Fsp3) is 0.500. The van der Waals surface area contributed by atoms with E-state index in [4.69, 9.17) is 4.74 Å². The van der Waals surface area contributed by atoms with Gasteiger partial charge in [0.05, 0.1) is 24.1 Å². The average molecular weight is 448 g/mol. The number of aliphatic hydroxyl groups is 1. The van der Waals surface area contributed by atoms with Crippen molar-refractivity contribution < 1.29 is 27.8 Å². The summed E-state index contributed by atoms with van der Waals surface area (Å²) in [5, 5.41) is 11.2. The zero-order valence-electron chi connectivity index (χ0n) is 17.7. The summed E-state index contributed by atoms with van der Waals surface area (Å²) in [5.74, 6) is 0.386. The third kappa shape index (κ3) is 5.06. The summed E-state index contributed by atoms with van der Waals surface area (Å²) in [6, 6.07) is 5.96. The molecule has 1 N–H and O–H groups in total. The summed E-state index contributed by atoms with van der Waals surface area (Å²) >= 11 is 0. The highest BCUT2D eigenvalue weighted by Crippen LogP contribution is 2.36. The first-order chi connectivity index (χ1) is 15.3. The fourth-order valence-electron chi connectivity index (χ4n) is 4.28. The first kappa shape index (κ1) is 22.6. The molecular formula is C24H27F3N2O3. The number of nitrogens with zero attached hydrogens (tertiary/aromatic N) is 2. The molecule has 5 nitrogen and oxygen atoms in total. The van der Waals surface area contributed by atoms with Crippen LogP contribution in [0.25, 0.3) is 0 Å². The Morgan fingerprint density at radius 2 is 1.88 bits per heavy atom. The monoisotopic (exact) mass is 448 g/mol. The van der Waals surface area contributed by atoms with Crippen LogP contribution in [0.5, 0.6) is 5.75 Å². The maximum Gasteiger partial charge on any atom is 0.416 e. The van der Waals surface area contributed by atoms with Gasteiger partial charge in [0.2, 0.25) is 5.91 Å². The van der Waals surface area contributed by atoms with Crippen LogP contribution in [0.2, 0.25) is 0 Å². The molecule has 1 aliphatic heterocycles. The van der Waals surface area contributed by atoms with Crippen LogP contribution in [0.4, 0.5) is 13.2 Å². The number of amides is 1. The molecule has 1 aromatic carbocycles. The summed E-state index contributed by atoms with van der Waals surface area (Å²) in [7, 11) is 0. The molecule has 1 aliphatic carbocycles. The van der Waals surface area contributed by atoms with E-state index in [0.29, 0.717) is 29.8 Å². The molecule has 8 heteroatoms. The Bertz CT molecular complexity index is 929. The zero-order valence-corrected chi connectivity index (χ0v) is 17.7. The summed E-state index contributed by atoms with van der Waals surface area (Å²) in [6.07, 6.45) is 3.42. The van der Waals surface area contributed by atoms with Crippen LogP contribution >= 0.6 is 0 Å². The third-order valence-electron chi connectivity index (χ3n) is 6.35. The highest BCUT2D eigenvalue weighted by molar-refractivity contribution is 5.79. The lowest BCUT2D eigenvalue weighted by molar-refractivity contribution is -0.137. The lowest BCUT2D eigenvalue weighted by atomic mass is 9.92. The number of ether oxygens (including phenoxy) is 1. The molecule has 4 rings (SSSR count). The van der Waals surface area contributed by atoms with Crippen molar-refractivity contribution in [3.63, 3.8) is 0 Å².